The van der Waals surface area contributed by atoms with Crippen molar-refractivity contribution >= 4 is 23.2 Å². The number of rotatable bonds is 9. The third kappa shape index (κ3) is 6.43. The quantitative estimate of drug-likeness (QED) is 0.584. The van der Waals surface area contributed by atoms with Crippen LogP contribution in [-0.4, -0.2) is 34.7 Å². The summed E-state index contributed by atoms with van der Waals surface area (Å²) in [6.07, 6.45) is 4.17. The van der Waals surface area contributed by atoms with E-state index in [-0.39, 0.29) is 24.3 Å². The van der Waals surface area contributed by atoms with Gasteiger partial charge in [-0.15, -0.1) is 11.3 Å². The SMILES string of the molecule is CC(C)CN(CC(=O)N(Cc1ccccc1)Cc1cccs1)C(=O)C1CCCC1. The first kappa shape index (κ1) is 21.6. The summed E-state index contributed by atoms with van der Waals surface area (Å²) in [6, 6.07) is 14.1. The fourth-order valence-corrected chi connectivity index (χ4v) is 4.71. The molecule has 1 fully saturated rings. The second-order valence-corrected chi connectivity index (χ2v) is 9.44. The molecule has 2 amide bonds. The molecule has 2 aromatic rings. The van der Waals surface area contributed by atoms with Gasteiger partial charge in [0.15, 0.2) is 0 Å². The minimum absolute atomic E-state index is 0.0225. The van der Waals surface area contributed by atoms with Gasteiger partial charge in [-0.25, -0.2) is 0 Å². The number of nitrogens with zero attached hydrogens (tertiary/aromatic N) is 2. The Morgan fingerprint density at radius 3 is 2.34 bits per heavy atom. The molecule has 1 aliphatic carbocycles. The topological polar surface area (TPSA) is 40.6 Å². The summed E-state index contributed by atoms with van der Waals surface area (Å²) < 4.78 is 0. The van der Waals surface area contributed by atoms with Crippen LogP contribution in [0.1, 0.15) is 50.0 Å². The van der Waals surface area contributed by atoms with Gasteiger partial charge in [0.25, 0.3) is 0 Å². The second kappa shape index (κ2) is 10.6. The number of benzene rings is 1. The third-order valence-corrected chi connectivity index (χ3v) is 6.28. The molecule has 3 rings (SSSR count). The Morgan fingerprint density at radius 2 is 1.72 bits per heavy atom. The fraction of sp³-hybridized carbons (Fsp3) is 0.500. The molecular weight excluding hydrogens is 380 g/mol. The zero-order valence-electron chi connectivity index (χ0n) is 17.5. The van der Waals surface area contributed by atoms with Gasteiger partial charge < -0.3 is 9.80 Å². The van der Waals surface area contributed by atoms with Crippen molar-refractivity contribution in [1.82, 2.24) is 9.80 Å². The van der Waals surface area contributed by atoms with E-state index in [0.29, 0.717) is 25.6 Å². The van der Waals surface area contributed by atoms with Crippen molar-refractivity contribution < 1.29 is 9.59 Å². The molecule has 0 radical (unpaired) electrons. The fourth-order valence-electron chi connectivity index (χ4n) is 3.99. The first-order chi connectivity index (χ1) is 14.0. The number of carbonyl (C=O) groups is 2. The molecular formula is C24H32N2O2S. The predicted octanol–water partition coefficient (Wildman–Crippen LogP) is 4.95. The molecule has 0 saturated heterocycles. The number of amides is 2. The molecule has 4 nitrogen and oxygen atoms in total. The lowest BCUT2D eigenvalue weighted by atomic mass is 10.1. The van der Waals surface area contributed by atoms with Crippen LogP contribution in [0.15, 0.2) is 47.8 Å². The summed E-state index contributed by atoms with van der Waals surface area (Å²) in [5.74, 6) is 0.629. The van der Waals surface area contributed by atoms with Crippen molar-refractivity contribution in [1.29, 1.82) is 0 Å². The Morgan fingerprint density at radius 1 is 1.00 bits per heavy atom. The maximum atomic E-state index is 13.3. The van der Waals surface area contributed by atoms with Gasteiger partial charge in [0.05, 0.1) is 13.1 Å². The minimum Gasteiger partial charge on any atom is -0.333 e. The van der Waals surface area contributed by atoms with Gasteiger partial charge in [-0.2, -0.15) is 0 Å². The summed E-state index contributed by atoms with van der Waals surface area (Å²) in [6.45, 7) is 6.16. The van der Waals surface area contributed by atoms with E-state index in [4.69, 9.17) is 0 Å². The summed E-state index contributed by atoms with van der Waals surface area (Å²) in [7, 11) is 0. The van der Waals surface area contributed by atoms with Gasteiger partial charge in [0.2, 0.25) is 11.8 Å². The molecule has 0 spiro atoms. The first-order valence-corrected chi connectivity index (χ1v) is 11.5. The van der Waals surface area contributed by atoms with Crippen molar-refractivity contribution in [2.24, 2.45) is 11.8 Å². The van der Waals surface area contributed by atoms with Crippen LogP contribution < -0.4 is 0 Å². The van der Waals surface area contributed by atoms with E-state index in [1.54, 1.807) is 11.3 Å². The van der Waals surface area contributed by atoms with E-state index in [0.717, 1.165) is 36.1 Å². The smallest absolute Gasteiger partial charge is 0.242 e. The maximum absolute atomic E-state index is 13.3. The standard InChI is InChI=1S/C24H32N2O2S/c1-19(2)15-26(24(28)21-11-6-7-12-21)18-23(27)25(17-22-13-8-14-29-22)16-20-9-4-3-5-10-20/h3-5,8-10,13-14,19,21H,6-7,11-12,15-18H2,1-2H3. The average Bonchev–Trinajstić information content (AvgIpc) is 3.41. The average molecular weight is 413 g/mol. The van der Waals surface area contributed by atoms with E-state index >= 15 is 0 Å². The Labute approximate surface area is 178 Å². The summed E-state index contributed by atoms with van der Waals surface area (Å²) >= 11 is 1.66. The van der Waals surface area contributed by atoms with Gasteiger partial charge in [-0.3, -0.25) is 9.59 Å². The molecule has 1 saturated carbocycles. The molecule has 1 aliphatic rings. The number of hydrogen-bond donors (Lipinski definition) is 0. The molecule has 1 aromatic heterocycles. The normalized spacial score (nSPS) is 14.3. The van der Waals surface area contributed by atoms with Gasteiger partial charge in [-0.1, -0.05) is 63.1 Å². The Kier molecular flexibility index (Phi) is 7.87. The molecule has 0 atom stereocenters. The number of carbonyl (C=O) groups excluding carboxylic acids is 2. The van der Waals surface area contributed by atoms with Crippen molar-refractivity contribution in [3.63, 3.8) is 0 Å². The maximum Gasteiger partial charge on any atom is 0.242 e. The van der Waals surface area contributed by atoms with Crippen molar-refractivity contribution in [3.8, 4) is 0 Å². The number of thiophene rings is 1. The van der Waals surface area contributed by atoms with Crippen LogP contribution in [0.5, 0.6) is 0 Å². The summed E-state index contributed by atoms with van der Waals surface area (Å²) in [4.78, 5) is 31.3. The molecule has 156 valence electrons. The lowest BCUT2D eigenvalue weighted by molar-refractivity contribution is -0.144. The molecule has 1 heterocycles. The zero-order valence-corrected chi connectivity index (χ0v) is 18.4. The van der Waals surface area contributed by atoms with Crippen molar-refractivity contribution in [2.75, 3.05) is 13.1 Å². The highest BCUT2D eigenvalue weighted by molar-refractivity contribution is 7.09. The highest BCUT2D eigenvalue weighted by atomic mass is 32.1. The lowest BCUT2D eigenvalue weighted by Gasteiger charge is -2.30. The van der Waals surface area contributed by atoms with Crippen LogP contribution in [-0.2, 0) is 22.7 Å². The predicted molar refractivity (Wildman–Crippen MR) is 118 cm³/mol. The van der Waals surface area contributed by atoms with Crippen LogP contribution in [0.25, 0.3) is 0 Å². The molecule has 0 unspecified atom stereocenters. The van der Waals surface area contributed by atoms with Crippen LogP contribution in [0.3, 0.4) is 0 Å². The molecule has 29 heavy (non-hydrogen) atoms. The van der Waals surface area contributed by atoms with Crippen LogP contribution >= 0.6 is 11.3 Å². The summed E-state index contributed by atoms with van der Waals surface area (Å²) in [5, 5.41) is 2.04. The molecule has 0 aliphatic heterocycles. The first-order valence-electron chi connectivity index (χ1n) is 10.7. The van der Waals surface area contributed by atoms with Gasteiger partial charge in [-0.05, 0) is 35.8 Å². The summed E-state index contributed by atoms with van der Waals surface area (Å²) in [5.41, 5.74) is 1.11. The molecule has 0 bridgehead atoms. The van der Waals surface area contributed by atoms with Crippen molar-refractivity contribution in [3.05, 3.63) is 58.3 Å². The van der Waals surface area contributed by atoms with Gasteiger partial charge in [0.1, 0.15) is 0 Å². The minimum atomic E-state index is 0.0225. The lowest BCUT2D eigenvalue weighted by Crippen LogP contribution is -2.45. The van der Waals surface area contributed by atoms with E-state index < -0.39 is 0 Å². The Bertz CT molecular complexity index is 767. The molecule has 5 heteroatoms. The highest BCUT2D eigenvalue weighted by Crippen LogP contribution is 2.27. The van der Waals surface area contributed by atoms with Crippen LogP contribution in [0.2, 0.25) is 0 Å². The Balaban J connectivity index is 1.73. The van der Waals surface area contributed by atoms with E-state index in [9.17, 15) is 9.59 Å². The van der Waals surface area contributed by atoms with Crippen molar-refractivity contribution in [2.45, 2.75) is 52.6 Å². The van der Waals surface area contributed by atoms with Gasteiger partial charge >= 0.3 is 0 Å². The largest absolute Gasteiger partial charge is 0.333 e. The van der Waals surface area contributed by atoms with E-state index in [1.807, 2.05) is 51.6 Å². The van der Waals surface area contributed by atoms with E-state index in [1.165, 1.54) is 0 Å². The third-order valence-electron chi connectivity index (χ3n) is 5.42. The Hall–Kier alpha value is -2.14. The zero-order chi connectivity index (χ0) is 20.6. The second-order valence-electron chi connectivity index (χ2n) is 8.41. The number of hydrogen-bond acceptors (Lipinski definition) is 3. The highest BCUT2D eigenvalue weighted by Gasteiger charge is 2.30. The van der Waals surface area contributed by atoms with Crippen LogP contribution in [0.4, 0.5) is 0 Å². The molecule has 1 aromatic carbocycles. The molecule has 0 N–H and O–H groups in total. The monoisotopic (exact) mass is 412 g/mol. The van der Waals surface area contributed by atoms with E-state index in [2.05, 4.69) is 19.9 Å². The van der Waals surface area contributed by atoms with Gasteiger partial charge in [0, 0.05) is 23.9 Å². The van der Waals surface area contributed by atoms with Crippen LogP contribution in [0, 0.1) is 11.8 Å².